The molecule has 0 aromatic heterocycles. The summed E-state index contributed by atoms with van der Waals surface area (Å²) in [4.78, 5) is 28.3. The van der Waals surface area contributed by atoms with Gasteiger partial charge >= 0.3 is 0 Å². The van der Waals surface area contributed by atoms with Crippen LogP contribution in [0.25, 0.3) is 0 Å². The topological polar surface area (TPSA) is 86.8 Å². The number of aryl methyl sites for hydroxylation is 2. The number of anilines is 1. The smallest absolute Gasteiger partial charge is 0.264 e. The molecule has 3 aromatic carbocycles. The van der Waals surface area contributed by atoms with Crippen molar-refractivity contribution in [3.8, 4) is 0 Å². The average Bonchev–Trinajstić information content (AvgIpc) is 2.86. The summed E-state index contributed by atoms with van der Waals surface area (Å²) in [6.45, 7) is 10.5. The van der Waals surface area contributed by atoms with Gasteiger partial charge in [0, 0.05) is 12.1 Å². The molecule has 0 aliphatic carbocycles. The number of carbonyl (C=O) groups excluding carboxylic acids is 2. The Morgan fingerprint density at radius 2 is 1.51 bits per heavy atom. The molecule has 7 nitrogen and oxygen atoms in total. The zero-order valence-electron chi connectivity index (χ0n) is 23.2. The van der Waals surface area contributed by atoms with Gasteiger partial charge in [-0.05, 0) is 89.1 Å². The van der Waals surface area contributed by atoms with Crippen LogP contribution in [0, 0.1) is 19.7 Å². The van der Waals surface area contributed by atoms with Crippen molar-refractivity contribution in [3.05, 3.63) is 95.3 Å². The molecule has 3 rings (SSSR count). The van der Waals surface area contributed by atoms with Crippen LogP contribution in [0.1, 0.15) is 44.4 Å². The molecular formula is C30H36FN3O4S. The number of benzene rings is 3. The van der Waals surface area contributed by atoms with Crippen molar-refractivity contribution in [1.82, 2.24) is 10.2 Å². The Hall–Kier alpha value is -3.72. The minimum atomic E-state index is -4.25. The molecule has 0 aliphatic rings. The standard InChI is InChI=1S/C30H36FN3O4S/c1-21-11-15-26(16-12-21)34(39(37,38)27-17-13-25(31)14-18-27)20-28(35)33(19-24-10-8-7-9-22(24)2)23(3)29(36)32-30(4,5)6/h7-18,23H,19-20H2,1-6H3,(H,32,36). The quantitative estimate of drug-likeness (QED) is 0.405. The monoisotopic (exact) mass is 553 g/mol. The highest BCUT2D eigenvalue weighted by Gasteiger charge is 2.33. The van der Waals surface area contributed by atoms with Gasteiger partial charge in [-0.25, -0.2) is 12.8 Å². The van der Waals surface area contributed by atoms with Gasteiger partial charge in [0.1, 0.15) is 18.4 Å². The fourth-order valence-electron chi connectivity index (χ4n) is 4.00. The van der Waals surface area contributed by atoms with E-state index in [-0.39, 0.29) is 23.0 Å². The van der Waals surface area contributed by atoms with E-state index < -0.39 is 39.9 Å². The Bertz CT molecular complexity index is 1420. The zero-order chi connectivity index (χ0) is 29.0. The van der Waals surface area contributed by atoms with Crippen LogP contribution >= 0.6 is 0 Å². The number of amides is 2. The van der Waals surface area contributed by atoms with E-state index in [1.165, 1.54) is 17.0 Å². The number of sulfonamides is 1. The lowest BCUT2D eigenvalue weighted by Gasteiger charge is -2.33. The summed E-state index contributed by atoms with van der Waals surface area (Å²) in [6, 6.07) is 17.8. The lowest BCUT2D eigenvalue weighted by atomic mass is 10.1. The molecule has 0 aliphatic heterocycles. The molecule has 1 unspecified atom stereocenters. The van der Waals surface area contributed by atoms with Crippen LogP contribution in [-0.2, 0) is 26.2 Å². The average molecular weight is 554 g/mol. The van der Waals surface area contributed by atoms with E-state index >= 15 is 0 Å². The molecule has 0 fully saturated rings. The summed E-state index contributed by atoms with van der Waals surface area (Å²) in [5.74, 6) is -1.48. The summed E-state index contributed by atoms with van der Waals surface area (Å²) in [7, 11) is -4.25. The third-order valence-corrected chi connectivity index (χ3v) is 8.06. The number of rotatable bonds is 9. The molecule has 208 valence electrons. The maximum absolute atomic E-state index is 13.9. The minimum Gasteiger partial charge on any atom is -0.350 e. The van der Waals surface area contributed by atoms with Gasteiger partial charge in [-0.3, -0.25) is 13.9 Å². The number of halogens is 1. The highest BCUT2D eigenvalue weighted by atomic mass is 32.2. The molecule has 9 heteroatoms. The third kappa shape index (κ3) is 7.66. The predicted octanol–water partition coefficient (Wildman–Crippen LogP) is 4.97. The van der Waals surface area contributed by atoms with Gasteiger partial charge in [-0.1, -0.05) is 42.0 Å². The molecule has 1 atom stereocenters. The normalized spacial score (nSPS) is 12.5. The number of carbonyl (C=O) groups is 2. The van der Waals surface area contributed by atoms with E-state index in [0.717, 1.165) is 33.1 Å². The minimum absolute atomic E-state index is 0.114. The second-order valence-corrected chi connectivity index (χ2v) is 12.5. The van der Waals surface area contributed by atoms with Crippen LogP contribution in [0.3, 0.4) is 0 Å². The maximum atomic E-state index is 13.9. The Morgan fingerprint density at radius 1 is 0.923 bits per heavy atom. The highest BCUT2D eigenvalue weighted by molar-refractivity contribution is 7.92. The molecule has 39 heavy (non-hydrogen) atoms. The SMILES string of the molecule is Cc1ccc(N(CC(=O)N(Cc2ccccc2C)C(C)C(=O)NC(C)(C)C)S(=O)(=O)c2ccc(F)cc2)cc1. The Morgan fingerprint density at radius 3 is 2.08 bits per heavy atom. The number of hydrogen-bond acceptors (Lipinski definition) is 4. The first-order valence-electron chi connectivity index (χ1n) is 12.7. The van der Waals surface area contributed by atoms with Crippen LogP contribution in [0.2, 0.25) is 0 Å². The third-order valence-electron chi connectivity index (χ3n) is 6.27. The van der Waals surface area contributed by atoms with Gasteiger partial charge in [-0.15, -0.1) is 0 Å². The molecule has 0 heterocycles. The predicted molar refractivity (Wildman–Crippen MR) is 151 cm³/mol. The van der Waals surface area contributed by atoms with E-state index in [1.54, 1.807) is 31.2 Å². The summed E-state index contributed by atoms with van der Waals surface area (Å²) < 4.78 is 42.1. The van der Waals surface area contributed by atoms with Crippen molar-refractivity contribution < 1.29 is 22.4 Å². The maximum Gasteiger partial charge on any atom is 0.264 e. The summed E-state index contributed by atoms with van der Waals surface area (Å²) in [6.07, 6.45) is 0. The first-order chi connectivity index (χ1) is 18.2. The van der Waals surface area contributed by atoms with Crippen LogP contribution < -0.4 is 9.62 Å². The van der Waals surface area contributed by atoms with Crippen molar-refractivity contribution in [3.63, 3.8) is 0 Å². The summed E-state index contributed by atoms with van der Waals surface area (Å²) in [5.41, 5.74) is 2.44. The second-order valence-electron chi connectivity index (χ2n) is 10.7. The van der Waals surface area contributed by atoms with Crippen LogP contribution in [0.4, 0.5) is 10.1 Å². The molecule has 0 saturated heterocycles. The number of nitrogens with one attached hydrogen (secondary N) is 1. The van der Waals surface area contributed by atoms with Crippen molar-refractivity contribution in [2.75, 3.05) is 10.8 Å². The second kappa shape index (κ2) is 12.0. The number of nitrogens with zero attached hydrogens (tertiary/aromatic N) is 2. The van der Waals surface area contributed by atoms with Crippen molar-refractivity contribution in [1.29, 1.82) is 0 Å². The molecule has 0 saturated carbocycles. The number of hydrogen-bond donors (Lipinski definition) is 1. The summed E-state index contributed by atoms with van der Waals surface area (Å²) in [5, 5.41) is 2.91. The van der Waals surface area contributed by atoms with Gasteiger partial charge in [0.05, 0.1) is 10.6 Å². The van der Waals surface area contributed by atoms with Gasteiger partial charge in [-0.2, -0.15) is 0 Å². The summed E-state index contributed by atoms with van der Waals surface area (Å²) >= 11 is 0. The van der Waals surface area contributed by atoms with E-state index in [2.05, 4.69) is 5.32 Å². The largest absolute Gasteiger partial charge is 0.350 e. The fourth-order valence-corrected chi connectivity index (χ4v) is 5.42. The zero-order valence-corrected chi connectivity index (χ0v) is 24.0. The highest BCUT2D eigenvalue weighted by Crippen LogP contribution is 2.25. The van der Waals surface area contributed by atoms with Crippen LogP contribution in [0.15, 0.2) is 77.7 Å². The van der Waals surface area contributed by atoms with Crippen LogP contribution in [-0.4, -0.2) is 43.3 Å². The van der Waals surface area contributed by atoms with Crippen molar-refractivity contribution in [2.24, 2.45) is 0 Å². The molecule has 0 bridgehead atoms. The Kier molecular flexibility index (Phi) is 9.17. The molecular weight excluding hydrogens is 517 g/mol. The van der Waals surface area contributed by atoms with Crippen LogP contribution in [0.5, 0.6) is 0 Å². The van der Waals surface area contributed by atoms with Gasteiger partial charge in [0.15, 0.2) is 0 Å². The van der Waals surface area contributed by atoms with E-state index in [9.17, 15) is 22.4 Å². The molecule has 1 N–H and O–H groups in total. The fraction of sp³-hybridized carbons (Fsp3) is 0.333. The van der Waals surface area contributed by atoms with E-state index in [4.69, 9.17) is 0 Å². The first kappa shape index (κ1) is 29.8. The Labute approximate surface area is 230 Å². The Balaban J connectivity index is 2.04. The molecule has 3 aromatic rings. The van der Waals surface area contributed by atoms with E-state index in [0.29, 0.717) is 0 Å². The molecule has 0 radical (unpaired) electrons. The first-order valence-corrected chi connectivity index (χ1v) is 14.1. The molecule has 0 spiro atoms. The molecule has 2 amide bonds. The van der Waals surface area contributed by atoms with E-state index in [1.807, 2.05) is 58.9 Å². The lowest BCUT2D eigenvalue weighted by molar-refractivity contribution is -0.140. The van der Waals surface area contributed by atoms with Crippen molar-refractivity contribution in [2.45, 2.75) is 64.6 Å². The van der Waals surface area contributed by atoms with Gasteiger partial charge in [0.25, 0.3) is 10.0 Å². The van der Waals surface area contributed by atoms with Gasteiger partial charge < -0.3 is 10.2 Å². The van der Waals surface area contributed by atoms with Crippen molar-refractivity contribution >= 4 is 27.5 Å². The van der Waals surface area contributed by atoms with Gasteiger partial charge in [0.2, 0.25) is 11.8 Å². The lowest BCUT2D eigenvalue weighted by Crippen LogP contribution is -2.54.